The maximum absolute atomic E-state index is 14.5. The van der Waals surface area contributed by atoms with Crippen molar-refractivity contribution in [3.8, 4) is 0 Å². The number of nitrogens with one attached hydrogen (secondary N) is 2. The number of carbonyl (C=O) groups excluding carboxylic acids is 2. The maximum atomic E-state index is 14.5. The van der Waals surface area contributed by atoms with Gasteiger partial charge in [0.1, 0.15) is 12.0 Å². The molecule has 2 aliphatic rings. The van der Waals surface area contributed by atoms with Crippen molar-refractivity contribution in [1.82, 2.24) is 25.6 Å². The van der Waals surface area contributed by atoms with Gasteiger partial charge < -0.3 is 14.7 Å². The van der Waals surface area contributed by atoms with E-state index in [1.165, 1.54) is 0 Å². The number of alkyl halides is 1. The van der Waals surface area contributed by atoms with Gasteiger partial charge in [-0.3, -0.25) is 19.8 Å². The zero-order valence-corrected chi connectivity index (χ0v) is 17.8. The molecule has 166 valence electrons. The van der Waals surface area contributed by atoms with E-state index in [2.05, 4.69) is 15.8 Å². The average molecular weight is 429 g/mol. The minimum Gasteiger partial charge on any atom is -0.361 e. The summed E-state index contributed by atoms with van der Waals surface area (Å²) in [5.74, 6) is 0.232. The van der Waals surface area contributed by atoms with Gasteiger partial charge in [0.05, 0.1) is 11.7 Å². The Morgan fingerprint density at radius 2 is 1.90 bits per heavy atom. The molecular formula is C22H28FN5O3. The van der Waals surface area contributed by atoms with Gasteiger partial charge in [0.25, 0.3) is 5.91 Å². The fourth-order valence-corrected chi connectivity index (χ4v) is 4.26. The van der Waals surface area contributed by atoms with Crippen LogP contribution in [0.4, 0.5) is 4.39 Å². The number of hydrogen-bond acceptors (Lipinski definition) is 6. The monoisotopic (exact) mass is 429 g/mol. The third-order valence-corrected chi connectivity index (χ3v) is 6.12. The normalized spacial score (nSPS) is 24.8. The quantitative estimate of drug-likeness (QED) is 0.748. The van der Waals surface area contributed by atoms with Crippen LogP contribution in [0.15, 0.2) is 34.9 Å². The molecule has 8 nitrogen and oxygen atoms in total. The number of halogens is 1. The fourth-order valence-electron chi connectivity index (χ4n) is 4.26. The van der Waals surface area contributed by atoms with Crippen LogP contribution in [0.3, 0.4) is 0 Å². The number of benzene rings is 1. The van der Waals surface area contributed by atoms with E-state index >= 15 is 0 Å². The van der Waals surface area contributed by atoms with Crippen molar-refractivity contribution in [1.29, 1.82) is 0 Å². The number of rotatable bonds is 5. The topological polar surface area (TPSA) is 90.7 Å². The smallest absolute Gasteiger partial charge is 0.258 e. The summed E-state index contributed by atoms with van der Waals surface area (Å²) in [6.07, 6.45) is -1.10. The minimum atomic E-state index is -1.65. The SMILES string of the molecule is Cc1noc(C)c1CCC(=O)N1CCN(C2NC(=O)C(F)C(c3ccccc3)N2)CC1. The Labute approximate surface area is 180 Å². The summed E-state index contributed by atoms with van der Waals surface area (Å²) < 4.78 is 19.7. The third kappa shape index (κ3) is 4.62. The number of aryl methyl sites for hydroxylation is 2. The Morgan fingerprint density at radius 1 is 1.19 bits per heavy atom. The second-order valence-electron chi connectivity index (χ2n) is 8.09. The molecule has 0 radical (unpaired) electrons. The lowest BCUT2D eigenvalue weighted by Crippen LogP contribution is -2.67. The molecule has 2 saturated heterocycles. The van der Waals surface area contributed by atoms with E-state index in [1.807, 2.05) is 54.0 Å². The van der Waals surface area contributed by atoms with Gasteiger partial charge in [-0.05, 0) is 25.8 Å². The van der Waals surface area contributed by atoms with Gasteiger partial charge in [0.15, 0.2) is 6.17 Å². The van der Waals surface area contributed by atoms with Gasteiger partial charge in [-0.2, -0.15) is 0 Å². The van der Waals surface area contributed by atoms with Crippen LogP contribution in [0.1, 0.15) is 35.0 Å². The molecule has 2 aliphatic heterocycles. The molecule has 9 heteroatoms. The van der Waals surface area contributed by atoms with Crippen molar-refractivity contribution in [2.24, 2.45) is 0 Å². The van der Waals surface area contributed by atoms with Crippen LogP contribution in [0.2, 0.25) is 0 Å². The van der Waals surface area contributed by atoms with Crippen molar-refractivity contribution in [3.05, 3.63) is 52.9 Å². The van der Waals surface area contributed by atoms with Crippen LogP contribution in [-0.2, 0) is 16.0 Å². The molecule has 2 fully saturated rings. The molecule has 2 aromatic rings. The van der Waals surface area contributed by atoms with Crippen LogP contribution >= 0.6 is 0 Å². The first-order valence-corrected chi connectivity index (χ1v) is 10.6. The Kier molecular flexibility index (Phi) is 6.33. The molecule has 0 aliphatic carbocycles. The lowest BCUT2D eigenvalue weighted by atomic mass is 10.00. The molecule has 3 unspecified atom stereocenters. The molecule has 0 saturated carbocycles. The maximum Gasteiger partial charge on any atom is 0.258 e. The summed E-state index contributed by atoms with van der Waals surface area (Å²) in [5.41, 5.74) is 2.56. The molecule has 3 atom stereocenters. The van der Waals surface area contributed by atoms with Crippen LogP contribution in [0.5, 0.6) is 0 Å². The summed E-state index contributed by atoms with van der Waals surface area (Å²) in [4.78, 5) is 28.8. The summed E-state index contributed by atoms with van der Waals surface area (Å²) in [6.45, 7) is 6.04. The molecule has 3 heterocycles. The van der Waals surface area contributed by atoms with Gasteiger partial charge >= 0.3 is 0 Å². The lowest BCUT2D eigenvalue weighted by Gasteiger charge is -2.43. The second-order valence-corrected chi connectivity index (χ2v) is 8.09. The van der Waals surface area contributed by atoms with Gasteiger partial charge in [-0.1, -0.05) is 35.5 Å². The molecule has 0 spiro atoms. The van der Waals surface area contributed by atoms with Crippen molar-refractivity contribution in [2.75, 3.05) is 26.2 Å². The molecule has 2 amide bonds. The van der Waals surface area contributed by atoms with Crippen LogP contribution in [0.25, 0.3) is 0 Å². The number of piperazine rings is 1. The van der Waals surface area contributed by atoms with Gasteiger partial charge in [0.2, 0.25) is 5.91 Å². The third-order valence-electron chi connectivity index (χ3n) is 6.12. The van der Waals surface area contributed by atoms with E-state index in [4.69, 9.17) is 4.52 Å². The van der Waals surface area contributed by atoms with E-state index in [0.29, 0.717) is 39.0 Å². The Bertz CT molecular complexity index is 907. The molecule has 2 N–H and O–H groups in total. The number of amides is 2. The first kappa shape index (κ1) is 21.5. The average Bonchev–Trinajstić information content (AvgIpc) is 3.11. The second kappa shape index (κ2) is 9.15. The van der Waals surface area contributed by atoms with Crippen molar-refractivity contribution >= 4 is 11.8 Å². The Hall–Kier alpha value is -2.78. The molecule has 1 aromatic carbocycles. The first-order valence-electron chi connectivity index (χ1n) is 10.6. The summed E-state index contributed by atoms with van der Waals surface area (Å²) in [6, 6.07) is 8.45. The highest BCUT2D eigenvalue weighted by Crippen LogP contribution is 2.24. The van der Waals surface area contributed by atoms with Crippen molar-refractivity contribution < 1.29 is 18.5 Å². The van der Waals surface area contributed by atoms with E-state index in [0.717, 1.165) is 22.6 Å². The summed E-state index contributed by atoms with van der Waals surface area (Å²) >= 11 is 0. The van der Waals surface area contributed by atoms with E-state index in [-0.39, 0.29) is 5.91 Å². The molecule has 31 heavy (non-hydrogen) atoms. The molecule has 4 rings (SSSR count). The minimum absolute atomic E-state index is 0.0891. The first-order chi connectivity index (χ1) is 14.9. The zero-order valence-electron chi connectivity index (χ0n) is 17.8. The lowest BCUT2D eigenvalue weighted by molar-refractivity contribution is -0.138. The molecule has 1 aromatic heterocycles. The Morgan fingerprint density at radius 3 is 2.55 bits per heavy atom. The number of carbonyl (C=O) groups is 2. The van der Waals surface area contributed by atoms with E-state index in [9.17, 15) is 14.0 Å². The predicted molar refractivity (Wildman–Crippen MR) is 112 cm³/mol. The van der Waals surface area contributed by atoms with Gasteiger partial charge in [0, 0.05) is 38.2 Å². The molecule has 0 bridgehead atoms. The summed E-state index contributed by atoms with van der Waals surface area (Å²) in [5, 5.41) is 9.87. The fraction of sp³-hybridized carbons (Fsp3) is 0.500. The largest absolute Gasteiger partial charge is 0.361 e. The highest BCUT2D eigenvalue weighted by molar-refractivity contribution is 5.82. The van der Waals surface area contributed by atoms with Gasteiger partial charge in [-0.25, -0.2) is 4.39 Å². The van der Waals surface area contributed by atoms with Crippen LogP contribution < -0.4 is 10.6 Å². The van der Waals surface area contributed by atoms with Crippen molar-refractivity contribution in [3.63, 3.8) is 0 Å². The van der Waals surface area contributed by atoms with Crippen molar-refractivity contribution in [2.45, 2.75) is 45.2 Å². The van der Waals surface area contributed by atoms with Gasteiger partial charge in [-0.15, -0.1) is 0 Å². The Balaban J connectivity index is 1.32. The van der Waals surface area contributed by atoms with Crippen LogP contribution in [-0.4, -0.2) is 65.4 Å². The standard InChI is InChI=1S/C22H28FN5O3/c1-14-17(15(2)31-26-14)8-9-18(29)27-10-12-28(13-11-27)22-24-20(19(23)21(30)25-22)16-6-4-3-5-7-16/h3-7,19-20,22,24H,8-13H2,1-2H3,(H,25,30). The van der Waals surface area contributed by atoms with E-state index in [1.54, 1.807) is 0 Å². The zero-order chi connectivity index (χ0) is 22.0. The summed E-state index contributed by atoms with van der Waals surface area (Å²) in [7, 11) is 0. The highest BCUT2D eigenvalue weighted by Gasteiger charge is 2.40. The number of nitrogens with zero attached hydrogens (tertiary/aromatic N) is 3. The highest BCUT2D eigenvalue weighted by atomic mass is 19.1. The number of aromatic nitrogens is 1. The number of hydrogen-bond donors (Lipinski definition) is 2. The molecular weight excluding hydrogens is 401 g/mol. The van der Waals surface area contributed by atoms with Crippen LogP contribution in [0, 0.1) is 13.8 Å². The van der Waals surface area contributed by atoms with E-state index < -0.39 is 24.4 Å². The predicted octanol–water partition coefficient (Wildman–Crippen LogP) is 1.45.